The number of nitrogens with one attached hydrogen (secondary N) is 1. The summed E-state index contributed by atoms with van der Waals surface area (Å²) < 4.78 is 0.907. The van der Waals surface area contributed by atoms with Gasteiger partial charge in [0.2, 0.25) is 0 Å². The fraction of sp³-hybridized carbons (Fsp3) is 0.136. The Labute approximate surface area is 172 Å². The molecule has 0 unspecified atom stereocenters. The van der Waals surface area contributed by atoms with Gasteiger partial charge in [-0.15, -0.1) is 0 Å². The zero-order valence-electron chi connectivity index (χ0n) is 15.6. The predicted molar refractivity (Wildman–Crippen MR) is 113 cm³/mol. The summed E-state index contributed by atoms with van der Waals surface area (Å²) >= 11 is 3.36. The van der Waals surface area contributed by atoms with Gasteiger partial charge in [-0.25, -0.2) is 0 Å². The Morgan fingerprint density at radius 3 is 2.46 bits per heavy atom. The molecule has 0 aliphatic heterocycles. The monoisotopic (exact) mass is 437 g/mol. The van der Waals surface area contributed by atoms with E-state index < -0.39 is 0 Å². The van der Waals surface area contributed by atoms with Crippen LogP contribution < -0.4 is 5.32 Å². The number of hydrogen-bond acceptors (Lipinski definition) is 3. The molecule has 0 fully saturated rings. The van der Waals surface area contributed by atoms with Gasteiger partial charge in [-0.2, -0.15) is 0 Å². The second-order valence-electron chi connectivity index (χ2n) is 6.51. The molecule has 28 heavy (non-hydrogen) atoms. The lowest BCUT2D eigenvalue weighted by atomic mass is 10.1. The molecule has 3 aromatic rings. The predicted octanol–water partition coefficient (Wildman–Crippen LogP) is 4.68. The Balaban J connectivity index is 1.75. The van der Waals surface area contributed by atoms with Gasteiger partial charge in [0, 0.05) is 47.3 Å². The second-order valence-corrected chi connectivity index (χ2v) is 7.43. The van der Waals surface area contributed by atoms with Crippen molar-refractivity contribution in [2.24, 2.45) is 0 Å². The van der Waals surface area contributed by atoms with Gasteiger partial charge in [0.05, 0.1) is 0 Å². The second kappa shape index (κ2) is 8.80. The summed E-state index contributed by atoms with van der Waals surface area (Å²) in [5.74, 6) is -0.341. The smallest absolute Gasteiger partial charge is 0.255 e. The summed E-state index contributed by atoms with van der Waals surface area (Å²) in [4.78, 5) is 31.0. The molecule has 1 aromatic heterocycles. The molecule has 3 rings (SSSR count). The van der Waals surface area contributed by atoms with E-state index in [9.17, 15) is 9.59 Å². The average Bonchev–Trinajstić information content (AvgIpc) is 2.70. The maximum atomic E-state index is 12.8. The molecule has 1 N–H and O–H groups in total. The van der Waals surface area contributed by atoms with Crippen LogP contribution >= 0.6 is 15.9 Å². The van der Waals surface area contributed by atoms with Crippen LogP contribution in [0.1, 0.15) is 31.8 Å². The van der Waals surface area contributed by atoms with Crippen molar-refractivity contribution in [3.63, 3.8) is 0 Å². The normalized spacial score (nSPS) is 10.4. The van der Waals surface area contributed by atoms with E-state index in [0.717, 1.165) is 15.6 Å². The van der Waals surface area contributed by atoms with Crippen LogP contribution in [0.3, 0.4) is 0 Å². The first-order chi connectivity index (χ1) is 13.4. The summed E-state index contributed by atoms with van der Waals surface area (Å²) in [6.07, 6.45) is 3.44. The van der Waals surface area contributed by atoms with Crippen molar-refractivity contribution in [1.82, 2.24) is 9.88 Å². The van der Waals surface area contributed by atoms with Crippen LogP contribution in [-0.4, -0.2) is 28.7 Å². The Kier molecular flexibility index (Phi) is 6.21. The number of hydrogen-bond donors (Lipinski definition) is 1. The minimum atomic E-state index is -0.219. The number of pyridine rings is 1. The van der Waals surface area contributed by atoms with Crippen molar-refractivity contribution in [3.8, 4) is 0 Å². The fourth-order valence-corrected chi connectivity index (χ4v) is 3.01. The molecule has 0 atom stereocenters. The standard InChI is InChI=1S/C22H20BrN3O2/c1-15-5-6-18(22(28)26(2)14-16-4-3-11-24-13-16)12-20(15)25-21(27)17-7-9-19(23)10-8-17/h3-13H,14H2,1-2H3,(H,25,27). The summed E-state index contributed by atoms with van der Waals surface area (Å²) in [5.41, 5.74) is 3.52. The summed E-state index contributed by atoms with van der Waals surface area (Å²) in [6, 6.07) is 16.2. The largest absolute Gasteiger partial charge is 0.337 e. The topological polar surface area (TPSA) is 62.3 Å². The molecule has 0 spiro atoms. The number of nitrogens with zero attached hydrogens (tertiary/aromatic N) is 2. The zero-order valence-corrected chi connectivity index (χ0v) is 17.2. The molecule has 0 aliphatic rings. The summed E-state index contributed by atoms with van der Waals surface area (Å²) in [5, 5.41) is 2.89. The van der Waals surface area contributed by atoms with Gasteiger partial charge in [-0.05, 0) is 60.5 Å². The van der Waals surface area contributed by atoms with Crippen LogP contribution in [0.2, 0.25) is 0 Å². The lowest BCUT2D eigenvalue weighted by Crippen LogP contribution is -2.26. The molecule has 6 heteroatoms. The molecule has 5 nitrogen and oxygen atoms in total. The van der Waals surface area contributed by atoms with Crippen molar-refractivity contribution < 1.29 is 9.59 Å². The zero-order chi connectivity index (χ0) is 20.1. The maximum absolute atomic E-state index is 12.8. The van der Waals surface area contributed by atoms with Crippen molar-refractivity contribution >= 4 is 33.4 Å². The molecule has 2 aromatic carbocycles. The third-order valence-electron chi connectivity index (χ3n) is 4.33. The van der Waals surface area contributed by atoms with Gasteiger partial charge in [0.1, 0.15) is 0 Å². The Morgan fingerprint density at radius 1 is 1.07 bits per heavy atom. The van der Waals surface area contributed by atoms with Crippen LogP contribution in [0.15, 0.2) is 71.5 Å². The number of amides is 2. The number of benzene rings is 2. The van der Waals surface area contributed by atoms with Gasteiger partial charge in [-0.3, -0.25) is 14.6 Å². The molecule has 0 bridgehead atoms. The molecule has 142 valence electrons. The number of anilines is 1. The van der Waals surface area contributed by atoms with Crippen molar-refractivity contribution in [1.29, 1.82) is 0 Å². The number of halogens is 1. The third kappa shape index (κ3) is 4.84. The molecule has 0 saturated carbocycles. The summed E-state index contributed by atoms with van der Waals surface area (Å²) in [7, 11) is 1.75. The number of rotatable bonds is 5. The minimum absolute atomic E-state index is 0.122. The molecular weight excluding hydrogens is 418 g/mol. The van der Waals surface area contributed by atoms with Gasteiger partial charge in [0.25, 0.3) is 11.8 Å². The molecule has 2 amide bonds. The molecule has 0 radical (unpaired) electrons. The molecule has 1 heterocycles. The van der Waals surface area contributed by atoms with Crippen LogP contribution in [-0.2, 0) is 6.54 Å². The molecule has 0 saturated heterocycles. The Bertz CT molecular complexity index is 988. The van der Waals surface area contributed by atoms with E-state index in [1.807, 2.05) is 37.3 Å². The summed E-state index contributed by atoms with van der Waals surface area (Å²) in [6.45, 7) is 2.35. The fourth-order valence-electron chi connectivity index (χ4n) is 2.74. The van der Waals surface area contributed by atoms with E-state index >= 15 is 0 Å². The van der Waals surface area contributed by atoms with Gasteiger partial charge in [0.15, 0.2) is 0 Å². The Hall–Kier alpha value is -2.99. The number of aryl methyl sites for hydroxylation is 1. The number of carbonyl (C=O) groups excluding carboxylic acids is 2. The van der Waals surface area contributed by atoms with Crippen LogP contribution in [0.25, 0.3) is 0 Å². The first kappa shape index (κ1) is 19.8. The highest BCUT2D eigenvalue weighted by molar-refractivity contribution is 9.10. The molecule has 0 aliphatic carbocycles. The SMILES string of the molecule is Cc1ccc(C(=O)N(C)Cc2cccnc2)cc1NC(=O)c1ccc(Br)cc1. The molecular formula is C22H20BrN3O2. The average molecular weight is 438 g/mol. The van der Waals surface area contributed by atoms with Gasteiger partial charge < -0.3 is 10.2 Å². The minimum Gasteiger partial charge on any atom is -0.337 e. The first-order valence-corrected chi connectivity index (χ1v) is 9.55. The Morgan fingerprint density at radius 2 is 1.79 bits per heavy atom. The highest BCUT2D eigenvalue weighted by Crippen LogP contribution is 2.20. The van der Waals surface area contributed by atoms with E-state index in [1.54, 1.807) is 48.6 Å². The lowest BCUT2D eigenvalue weighted by Gasteiger charge is -2.18. The lowest BCUT2D eigenvalue weighted by molar-refractivity contribution is 0.0784. The van der Waals surface area contributed by atoms with E-state index in [-0.39, 0.29) is 11.8 Å². The van der Waals surface area contributed by atoms with E-state index in [4.69, 9.17) is 0 Å². The maximum Gasteiger partial charge on any atom is 0.255 e. The van der Waals surface area contributed by atoms with E-state index in [0.29, 0.717) is 23.4 Å². The number of carbonyl (C=O) groups is 2. The van der Waals surface area contributed by atoms with Crippen molar-refractivity contribution in [3.05, 3.63) is 93.7 Å². The quantitative estimate of drug-likeness (QED) is 0.630. The van der Waals surface area contributed by atoms with E-state index in [2.05, 4.69) is 26.2 Å². The highest BCUT2D eigenvalue weighted by atomic mass is 79.9. The van der Waals surface area contributed by atoms with Crippen LogP contribution in [0.5, 0.6) is 0 Å². The van der Waals surface area contributed by atoms with Gasteiger partial charge >= 0.3 is 0 Å². The third-order valence-corrected chi connectivity index (χ3v) is 4.86. The van der Waals surface area contributed by atoms with Crippen molar-refractivity contribution in [2.75, 3.05) is 12.4 Å². The number of aromatic nitrogens is 1. The first-order valence-electron chi connectivity index (χ1n) is 8.76. The van der Waals surface area contributed by atoms with Crippen LogP contribution in [0.4, 0.5) is 5.69 Å². The highest BCUT2D eigenvalue weighted by Gasteiger charge is 2.15. The van der Waals surface area contributed by atoms with Crippen molar-refractivity contribution in [2.45, 2.75) is 13.5 Å². The van der Waals surface area contributed by atoms with Crippen LogP contribution in [0, 0.1) is 6.92 Å². The van der Waals surface area contributed by atoms with E-state index in [1.165, 1.54) is 0 Å². The van der Waals surface area contributed by atoms with Gasteiger partial charge in [-0.1, -0.05) is 28.1 Å².